The molecule has 0 aliphatic carbocycles. The molecule has 0 aromatic carbocycles. The minimum Gasteiger partial charge on any atom is -0.0654 e. The van der Waals surface area contributed by atoms with Gasteiger partial charge in [0.2, 0.25) is 0 Å². The molecule has 0 heterocycles. The Kier molecular flexibility index (Phi) is 17.8. The molecule has 0 rings (SSSR count). The standard InChI is InChI=1S/C24H50/c1-5-9-13-14-15-16-19-23-24(20-12-8-4,21-17-10-6-2)22-18-11-7-3/h5-23H2,1-4H3. The summed E-state index contributed by atoms with van der Waals surface area (Å²) in [4.78, 5) is 0. The van der Waals surface area contributed by atoms with Crippen molar-refractivity contribution in [1.29, 1.82) is 0 Å². The molecule has 0 aromatic heterocycles. The second-order valence-electron chi connectivity index (χ2n) is 8.39. The third kappa shape index (κ3) is 13.3. The summed E-state index contributed by atoms with van der Waals surface area (Å²) in [5, 5.41) is 0. The maximum absolute atomic E-state index is 2.37. The fourth-order valence-electron chi connectivity index (χ4n) is 4.26. The van der Waals surface area contributed by atoms with Crippen LogP contribution in [0.15, 0.2) is 0 Å². The fourth-order valence-corrected chi connectivity index (χ4v) is 4.26. The molecule has 0 saturated carbocycles. The molecule has 0 aliphatic heterocycles. The monoisotopic (exact) mass is 338 g/mol. The molecule has 0 saturated heterocycles. The van der Waals surface area contributed by atoms with Crippen LogP contribution < -0.4 is 0 Å². The van der Waals surface area contributed by atoms with Gasteiger partial charge in [0.15, 0.2) is 0 Å². The van der Waals surface area contributed by atoms with Gasteiger partial charge >= 0.3 is 0 Å². The molecule has 0 fully saturated rings. The van der Waals surface area contributed by atoms with Crippen LogP contribution in [0.1, 0.15) is 150 Å². The van der Waals surface area contributed by atoms with Crippen LogP contribution in [0.2, 0.25) is 0 Å². The highest BCUT2D eigenvalue weighted by atomic mass is 14.3. The van der Waals surface area contributed by atoms with Crippen LogP contribution in [0.5, 0.6) is 0 Å². The summed E-state index contributed by atoms with van der Waals surface area (Å²) in [5.41, 5.74) is 0.698. The van der Waals surface area contributed by atoms with E-state index in [1.807, 2.05) is 0 Å². The highest BCUT2D eigenvalue weighted by molar-refractivity contribution is 4.80. The van der Waals surface area contributed by atoms with Crippen LogP contribution in [0, 0.1) is 5.41 Å². The second-order valence-corrected chi connectivity index (χ2v) is 8.39. The van der Waals surface area contributed by atoms with Crippen molar-refractivity contribution in [2.45, 2.75) is 150 Å². The summed E-state index contributed by atoms with van der Waals surface area (Å²) in [5.74, 6) is 0. The van der Waals surface area contributed by atoms with Crippen LogP contribution in [-0.4, -0.2) is 0 Å². The lowest BCUT2D eigenvalue weighted by molar-refractivity contribution is 0.174. The molecule has 0 amide bonds. The van der Waals surface area contributed by atoms with Crippen molar-refractivity contribution in [2.75, 3.05) is 0 Å². The Labute approximate surface area is 155 Å². The Morgan fingerprint density at radius 2 is 0.625 bits per heavy atom. The lowest BCUT2D eigenvalue weighted by atomic mass is 9.71. The van der Waals surface area contributed by atoms with E-state index in [-0.39, 0.29) is 0 Å². The number of hydrogen-bond donors (Lipinski definition) is 0. The average molecular weight is 339 g/mol. The average Bonchev–Trinajstić information content (AvgIpc) is 2.59. The van der Waals surface area contributed by atoms with Gasteiger partial charge in [0, 0.05) is 0 Å². The molecule has 24 heavy (non-hydrogen) atoms. The Bertz CT molecular complexity index is 220. The van der Waals surface area contributed by atoms with Crippen molar-refractivity contribution >= 4 is 0 Å². The third-order valence-corrected chi connectivity index (χ3v) is 5.99. The van der Waals surface area contributed by atoms with Gasteiger partial charge in [-0.15, -0.1) is 0 Å². The molecule has 0 heteroatoms. The van der Waals surface area contributed by atoms with Crippen LogP contribution in [0.4, 0.5) is 0 Å². The van der Waals surface area contributed by atoms with Crippen LogP contribution >= 0.6 is 0 Å². The normalized spacial score (nSPS) is 12.0. The summed E-state index contributed by atoms with van der Waals surface area (Å²) in [7, 11) is 0. The number of unbranched alkanes of at least 4 members (excludes halogenated alkanes) is 11. The molecular weight excluding hydrogens is 288 g/mol. The number of hydrogen-bond acceptors (Lipinski definition) is 0. The summed E-state index contributed by atoms with van der Waals surface area (Å²) in [6.07, 6.45) is 27.7. The van der Waals surface area contributed by atoms with E-state index in [4.69, 9.17) is 0 Å². The zero-order chi connectivity index (χ0) is 17.9. The van der Waals surface area contributed by atoms with E-state index in [2.05, 4.69) is 27.7 Å². The van der Waals surface area contributed by atoms with Crippen LogP contribution in [-0.2, 0) is 0 Å². The highest BCUT2D eigenvalue weighted by Gasteiger charge is 2.27. The maximum atomic E-state index is 2.37. The van der Waals surface area contributed by atoms with Crippen molar-refractivity contribution in [3.8, 4) is 0 Å². The molecule has 0 aromatic rings. The first-order chi connectivity index (χ1) is 11.7. The zero-order valence-electron chi connectivity index (χ0n) is 17.9. The largest absolute Gasteiger partial charge is 0.0654 e. The van der Waals surface area contributed by atoms with E-state index in [0.29, 0.717) is 5.41 Å². The Hall–Kier alpha value is 0. The van der Waals surface area contributed by atoms with E-state index < -0.39 is 0 Å². The molecule has 146 valence electrons. The molecule has 0 bridgehead atoms. The van der Waals surface area contributed by atoms with Crippen molar-refractivity contribution in [3.05, 3.63) is 0 Å². The van der Waals surface area contributed by atoms with Gasteiger partial charge in [-0.2, -0.15) is 0 Å². The summed E-state index contributed by atoms with van der Waals surface area (Å²) in [6.45, 7) is 9.38. The minimum absolute atomic E-state index is 0.698. The zero-order valence-corrected chi connectivity index (χ0v) is 17.9. The molecule has 0 aliphatic rings. The van der Waals surface area contributed by atoms with Gasteiger partial charge in [0.25, 0.3) is 0 Å². The second kappa shape index (κ2) is 17.8. The van der Waals surface area contributed by atoms with Gasteiger partial charge in [-0.3, -0.25) is 0 Å². The van der Waals surface area contributed by atoms with Crippen molar-refractivity contribution < 1.29 is 0 Å². The Balaban J connectivity index is 4.35. The minimum atomic E-state index is 0.698. The van der Waals surface area contributed by atoms with Gasteiger partial charge in [-0.1, -0.05) is 124 Å². The first-order valence-electron chi connectivity index (χ1n) is 11.7. The fraction of sp³-hybridized carbons (Fsp3) is 1.00. The molecule has 0 N–H and O–H groups in total. The van der Waals surface area contributed by atoms with Crippen molar-refractivity contribution in [1.82, 2.24) is 0 Å². The first kappa shape index (κ1) is 24.0. The van der Waals surface area contributed by atoms with Crippen molar-refractivity contribution in [2.24, 2.45) is 5.41 Å². The van der Waals surface area contributed by atoms with Gasteiger partial charge in [0.1, 0.15) is 0 Å². The van der Waals surface area contributed by atoms with Gasteiger partial charge < -0.3 is 0 Å². The highest BCUT2D eigenvalue weighted by Crippen LogP contribution is 2.41. The quantitative estimate of drug-likeness (QED) is 0.206. The lowest BCUT2D eigenvalue weighted by Crippen LogP contribution is -2.21. The molecule has 0 spiro atoms. The predicted octanol–water partition coefficient (Wildman–Crippen LogP) is 9.46. The smallest absolute Gasteiger partial charge is 0.0297 e. The molecule has 0 radical (unpaired) electrons. The van der Waals surface area contributed by atoms with E-state index in [0.717, 1.165) is 0 Å². The topological polar surface area (TPSA) is 0 Å². The van der Waals surface area contributed by atoms with Crippen LogP contribution in [0.3, 0.4) is 0 Å². The molecule has 0 atom stereocenters. The third-order valence-electron chi connectivity index (χ3n) is 5.99. The molecule has 0 nitrogen and oxygen atoms in total. The number of rotatable bonds is 19. The Morgan fingerprint density at radius 1 is 0.333 bits per heavy atom. The molecular formula is C24H50. The molecule has 0 unspecified atom stereocenters. The summed E-state index contributed by atoms with van der Waals surface area (Å²) in [6, 6.07) is 0. The van der Waals surface area contributed by atoms with Crippen LogP contribution in [0.25, 0.3) is 0 Å². The van der Waals surface area contributed by atoms with Gasteiger partial charge in [-0.05, 0) is 31.1 Å². The lowest BCUT2D eigenvalue weighted by Gasteiger charge is -2.35. The summed E-state index contributed by atoms with van der Waals surface area (Å²) >= 11 is 0. The van der Waals surface area contributed by atoms with Gasteiger partial charge in [-0.25, -0.2) is 0 Å². The van der Waals surface area contributed by atoms with Crippen molar-refractivity contribution in [3.63, 3.8) is 0 Å². The van der Waals surface area contributed by atoms with Gasteiger partial charge in [0.05, 0.1) is 0 Å². The summed E-state index contributed by atoms with van der Waals surface area (Å²) < 4.78 is 0. The van der Waals surface area contributed by atoms with E-state index >= 15 is 0 Å². The van der Waals surface area contributed by atoms with E-state index in [1.54, 1.807) is 0 Å². The van der Waals surface area contributed by atoms with E-state index in [9.17, 15) is 0 Å². The maximum Gasteiger partial charge on any atom is -0.0297 e. The van der Waals surface area contributed by atoms with E-state index in [1.165, 1.54) is 122 Å². The Morgan fingerprint density at radius 3 is 1.08 bits per heavy atom. The first-order valence-corrected chi connectivity index (χ1v) is 11.7. The predicted molar refractivity (Wildman–Crippen MR) is 113 cm³/mol. The SMILES string of the molecule is CCCCCCCCCC(CCCC)(CCCCC)CCCCC.